The van der Waals surface area contributed by atoms with Gasteiger partial charge in [-0.2, -0.15) is 0 Å². The number of rotatable bonds is 5. The molecule has 1 aromatic heterocycles. The van der Waals surface area contributed by atoms with E-state index in [1.165, 1.54) is 12.1 Å². The van der Waals surface area contributed by atoms with E-state index < -0.39 is 23.8 Å². The first-order valence-corrected chi connectivity index (χ1v) is 8.59. The molecule has 0 radical (unpaired) electrons. The molecule has 1 aliphatic carbocycles. The van der Waals surface area contributed by atoms with Gasteiger partial charge in [0.2, 0.25) is 0 Å². The number of aromatic nitrogens is 2. The fourth-order valence-corrected chi connectivity index (χ4v) is 2.94. The van der Waals surface area contributed by atoms with E-state index in [-0.39, 0.29) is 23.7 Å². The van der Waals surface area contributed by atoms with Crippen LogP contribution in [0, 0.1) is 5.82 Å². The van der Waals surface area contributed by atoms with Gasteiger partial charge >= 0.3 is 12.4 Å². The van der Waals surface area contributed by atoms with Gasteiger partial charge in [-0.25, -0.2) is 14.4 Å². The fourth-order valence-electron chi connectivity index (χ4n) is 2.94. The van der Waals surface area contributed by atoms with Gasteiger partial charge in [0.1, 0.15) is 11.9 Å². The lowest BCUT2D eigenvalue weighted by Crippen LogP contribution is -2.39. The van der Waals surface area contributed by atoms with Crippen molar-refractivity contribution in [3.05, 3.63) is 48.0 Å². The third-order valence-corrected chi connectivity index (χ3v) is 4.21. The van der Waals surface area contributed by atoms with Crippen LogP contribution in [-0.2, 0) is 0 Å². The smallest absolute Gasteiger partial charge is 0.460 e. The van der Waals surface area contributed by atoms with Gasteiger partial charge in [-0.15, -0.1) is 13.2 Å². The van der Waals surface area contributed by atoms with Crippen molar-refractivity contribution in [3.63, 3.8) is 0 Å². The van der Waals surface area contributed by atoms with Gasteiger partial charge < -0.3 is 14.8 Å². The third kappa shape index (κ3) is 5.80. The van der Waals surface area contributed by atoms with Crippen molar-refractivity contribution in [1.82, 2.24) is 15.3 Å². The lowest BCUT2D eigenvalue weighted by atomic mass is 9.92. The van der Waals surface area contributed by atoms with Crippen LogP contribution in [0.4, 0.5) is 17.6 Å². The zero-order chi connectivity index (χ0) is 20.1. The summed E-state index contributed by atoms with van der Waals surface area (Å²) in [5, 5.41) is 2.80. The minimum atomic E-state index is -4.82. The normalized spacial score (nSPS) is 19.7. The highest BCUT2D eigenvalue weighted by atomic mass is 19.4. The van der Waals surface area contributed by atoms with Crippen LogP contribution in [0.3, 0.4) is 0 Å². The van der Waals surface area contributed by atoms with Crippen molar-refractivity contribution < 1.29 is 31.8 Å². The van der Waals surface area contributed by atoms with E-state index in [1.807, 2.05) is 0 Å². The molecule has 2 aromatic rings. The average Bonchev–Trinajstić information content (AvgIpc) is 2.64. The van der Waals surface area contributed by atoms with Crippen LogP contribution in [0.2, 0.25) is 0 Å². The first-order valence-electron chi connectivity index (χ1n) is 8.59. The second-order valence-corrected chi connectivity index (χ2v) is 6.32. The number of nitrogens with zero attached hydrogens (tertiary/aromatic N) is 2. The summed E-state index contributed by atoms with van der Waals surface area (Å²) in [6.45, 7) is 0. The van der Waals surface area contributed by atoms with Gasteiger partial charge in [-0.05, 0) is 43.9 Å². The number of ether oxygens (including phenoxy) is 2. The van der Waals surface area contributed by atoms with Gasteiger partial charge in [0, 0.05) is 11.6 Å². The molecule has 10 heteroatoms. The Balaban J connectivity index is 1.49. The van der Waals surface area contributed by atoms with Gasteiger partial charge in [0.15, 0.2) is 5.82 Å². The first kappa shape index (κ1) is 19.8. The van der Waals surface area contributed by atoms with E-state index in [4.69, 9.17) is 4.74 Å². The zero-order valence-corrected chi connectivity index (χ0v) is 14.6. The van der Waals surface area contributed by atoms with Crippen LogP contribution in [0.5, 0.6) is 11.8 Å². The van der Waals surface area contributed by atoms with E-state index in [9.17, 15) is 22.4 Å². The first-order chi connectivity index (χ1) is 13.3. The molecule has 6 nitrogen and oxygen atoms in total. The molecular formula is C18H17F4N3O3. The Bertz CT molecular complexity index is 806. The number of nitrogens with one attached hydrogen (secondary N) is 1. The Morgan fingerprint density at radius 1 is 1.11 bits per heavy atom. The number of carbonyl (C=O) groups excluding carboxylic acids is 1. The summed E-state index contributed by atoms with van der Waals surface area (Å²) in [5.41, 5.74) is 0.0832. The van der Waals surface area contributed by atoms with Crippen LogP contribution in [0.15, 0.2) is 36.7 Å². The second-order valence-electron chi connectivity index (χ2n) is 6.32. The van der Waals surface area contributed by atoms with Gasteiger partial charge in [0.05, 0.1) is 12.4 Å². The Morgan fingerprint density at radius 2 is 1.79 bits per heavy atom. The number of carbonyl (C=O) groups is 1. The molecule has 1 amide bonds. The number of benzene rings is 1. The van der Waals surface area contributed by atoms with Gasteiger partial charge in [-0.3, -0.25) is 4.79 Å². The minimum Gasteiger partial charge on any atom is -0.460 e. The molecule has 1 fully saturated rings. The summed E-state index contributed by atoms with van der Waals surface area (Å²) in [6, 6.07) is 4.88. The molecule has 3 rings (SSSR count). The Morgan fingerprint density at radius 3 is 2.43 bits per heavy atom. The van der Waals surface area contributed by atoms with Crippen LogP contribution in [0.1, 0.15) is 36.0 Å². The van der Waals surface area contributed by atoms with E-state index in [2.05, 4.69) is 20.0 Å². The van der Waals surface area contributed by atoms with Gasteiger partial charge in [0.25, 0.3) is 5.91 Å². The topological polar surface area (TPSA) is 73.3 Å². The summed E-state index contributed by atoms with van der Waals surface area (Å²) in [4.78, 5) is 19.8. The monoisotopic (exact) mass is 399 g/mol. The average molecular weight is 399 g/mol. The van der Waals surface area contributed by atoms with Crippen molar-refractivity contribution in [1.29, 1.82) is 0 Å². The van der Waals surface area contributed by atoms with E-state index in [0.717, 1.165) is 24.5 Å². The molecule has 0 spiro atoms. The SMILES string of the molecule is O=C(NC1CCC(Oc2ncc(F)cn2)CC1)c1cccc(OC(F)(F)F)c1. The maximum Gasteiger partial charge on any atom is 0.573 e. The third-order valence-electron chi connectivity index (χ3n) is 4.21. The Hall–Kier alpha value is -2.91. The van der Waals surface area contributed by atoms with Crippen molar-refractivity contribution >= 4 is 5.91 Å². The lowest BCUT2D eigenvalue weighted by Gasteiger charge is -2.28. The van der Waals surface area contributed by atoms with Gasteiger partial charge in [-0.1, -0.05) is 6.07 Å². The number of hydrogen-bond donors (Lipinski definition) is 1. The predicted molar refractivity (Wildman–Crippen MR) is 89.3 cm³/mol. The predicted octanol–water partition coefficient (Wildman–Crippen LogP) is 3.63. The van der Waals surface area contributed by atoms with Crippen LogP contribution >= 0.6 is 0 Å². The molecule has 150 valence electrons. The van der Waals surface area contributed by atoms with Crippen LogP contribution in [0.25, 0.3) is 0 Å². The van der Waals surface area contributed by atoms with E-state index in [0.29, 0.717) is 25.7 Å². The van der Waals surface area contributed by atoms with Crippen molar-refractivity contribution in [3.8, 4) is 11.8 Å². The number of halogens is 4. The Kier molecular flexibility index (Phi) is 5.96. The molecule has 0 bridgehead atoms. The number of alkyl halides is 3. The molecule has 28 heavy (non-hydrogen) atoms. The summed E-state index contributed by atoms with van der Waals surface area (Å²) in [6.07, 6.45) is -0.433. The van der Waals surface area contributed by atoms with Crippen LogP contribution < -0.4 is 14.8 Å². The summed E-state index contributed by atoms with van der Waals surface area (Å²) < 4.78 is 59.1. The number of amides is 1. The summed E-state index contributed by atoms with van der Waals surface area (Å²) in [7, 11) is 0. The van der Waals surface area contributed by atoms with E-state index in [1.54, 1.807) is 0 Å². The van der Waals surface area contributed by atoms with Crippen molar-refractivity contribution in [2.75, 3.05) is 0 Å². The minimum absolute atomic E-state index is 0.0832. The lowest BCUT2D eigenvalue weighted by molar-refractivity contribution is -0.274. The molecule has 1 heterocycles. The molecule has 0 atom stereocenters. The molecular weight excluding hydrogens is 382 g/mol. The maximum absolute atomic E-state index is 12.8. The van der Waals surface area contributed by atoms with E-state index >= 15 is 0 Å². The molecule has 1 aromatic carbocycles. The molecule has 0 saturated heterocycles. The molecule has 1 N–H and O–H groups in total. The highest BCUT2D eigenvalue weighted by Gasteiger charge is 2.31. The highest BCUT2D eigenvalue weighted by Crippen LogP contribution is 2.25. The molecule has 0 aliphatic heterocycles. The fraction of sp³-hybridized carbons (Fsp3) is 0.389. The largest absolute Gasteiger partial charge is 0.573 e. The quantitative estimate of drug-likeness (QED) is 0.778. The van der Waals surface area contributed by atoms with Crippen molar-refractivity contribution in [2.24, 2.45) is 0 Å². The second kappa shape index (κ2) is 8.41. The summed E-state index contributed by atoms with van der Waals surface area (Å²) >= 11 is 0. The van der Waals surface area contributed by atoms with Crippen LogP contribution in [-0.4, -0.2) is 34.4 Å². The van der Waals surface area contributed by atoms with Crippen molar-refractivity contribution in [2.45, 2.75) is 44.2 Å². The highest BCUT2D eigenvalue weighted by molar-refractivity contribution is 5.94. The summed E-state index contributed by atoms with van der Waals surface area (Å²) in [5.74, 6) is -1.47. The zero-order valence-electron chi connectivity index (χ0n) is 14.6. The standard InChI is InChI=1S/C18H17F4N3O3/c19-12-9-23-17(24-10-12)27-14-6-4-13(5-7-14)25-16(26)11-2-1-3-15(8-11)28-18(20,21)22/h1-3,8-10,13-14H,4-7H2,(H,25,26). The molecule has 1 aliphatic rings. The number of hydrogen-bond acceptors (Lipinski definition) is 5. The Labute approximate surface area is 157 Å². The molecule has 1 saturated carbocycles. The molecule has 0 unspecified atom stereocenters. The maximum atomic E-state index is 12.8.